The van der Waals surface area contributed by atoms with Crippen LogP contribution in [0.3, 0.4) is 0 Å². The highest BCUT2D eigenvalue weighted by molar-refractivity contribution is 7.86. The zero-order valence-corrected chi connectivity index (χ0v) is 9.41. The van der Waals surface area contributed by atoms with Gasteiger partial charge in [-0.05, 0) is 18.6 Å². The van der Waals surface area contributed by atoms with E-state index >= 15 is 0 Å². The Morgan fingerprint density at radius 2 is 1.93 bits per heavy atom. The van der Waals surface area contributed by atoms with Gasteiger partial charge in [0.05, 0.1) is 15.7 Å². The lowest BCUT2D eigenvalue weighted by atomic mass is 10.2. The zero-order chi connectivity index (χ0) is 11.1. The number of nitrogens with two attached hydrogens (primary N) is 1. The van der Waals surface area contributed by atoms with Crippen molar-refractivity contribution in [3.63, 3.8) is 0 Å². The number of hydrogen-bond donors (Lipinski definition) is 2. The first-order valence-electron chi connectivity index (χ1n) is 3.46. The highest BCUT2D eigenvalue weighted by Crippen LogP contribution is 2.35. The second-order valence-corrected chi connectivity index (χ2v) is 4.85. The van der Waals surface area contributed by atoms with Crippen LogP contribution in [-0.2, 0) is 10.1 Å². The van der Waals surface area contributed by atoms with Crippen LogP contribution in [0, 0.1) is 6.92 Å². The fraction of sp³-hybridized carbons (Fsp3) is 0.143. The summed E-state index contributed by atoms with van der Waals surface area (Å²) < 4.78 is 30.6. The Morgan fingerprint density at radius 3 is 2.36 bits per heavy atom. The summed E-state index contributed by atoms with van der Waals surface area (Å²) in [4.78, 5) is -0.547. The van der Waals surface area contributed by atoms with Crippen LogP contribution in [0.25, 0.3) is 0 Å². The van der Waals surface area contributed by atoms with Crippen molar-refractivity contribution in [1.29, 1.82) is 0 Å². The molecule has 7 heteroatoms. The van der Waals surface area contributed by atoms with E-state index in [1.807, 2.05) is 0 Å². The van der Waals surface area contributed by atoms with E-state index in [1.165, 1.54) is 6.07 Å². The summed E-state index contributed by atoms with van der Waals surface area (Å²) >= 11 is 11.3. The molecule has 0 amide bonds. The molecule has 0 atom stereocenters. The van der Waals surface area contributed by atoms with Crippen molar-refractivity contribution in [3.05, 3.63) is 21.7 Å². The quantitative estimate of drug-likeness (QED) is 0.595. The lowest BCUT2D eigenvalue weighted by molar-refractivity contribution is 0.483. The van der Waals surface area contributed by atoms with Crippen LogP contribution < -0.4 is 5.73 Å². The number of aryl methyl sites for hydroxylation is 1. The van der Waals surface area contributed by atoms with Gasteiger partial charge in [0.15, 0.2) is 0 Å². The first-order chi connectivity index (χ1) is 6.25. The van der Waals surface area contributed by atoms with Gasteiger partial charge in [-0.15, -0.1) is 0 Å². The number of benzene rings is 1. The van der Waals surface area contributed by atoms with E-state index in [9.17, 15) is 8.42 Å². The summed E-state index contributed by atoms with van der Waals surface area (Å²) in [5, 5.41) is -0.0751. The number of anilines is 1. The van der Waals surface area contributed by atoms with Crippen LogP contribution in [0.1, 0.15) is 5.56 Å². The van der Waals surface area contributed by atoms with Crippen molar-refractivity contribution < 1.29 is 13.0 Å². The summed E-state index contributed by atoms with van der Waals surface area (Å²) in [6.45, 7) is 1.62. The monoisotopic (exact) mass is 255 g/mol. The third-order valence-electron chi connectivity index (χ3n) is 1.65. The fourth-order valence-corrected chi connectivity index (χ4v) is 2.47. The fourth-order valence-electron chi connectivity index (χ4n) is 1.02. The van der Waals surface area contributed by atoms with Crippen LogP contribution in [-0.4, -0.2) is 13.0 Å². The number of hydrogen-bond acceptors (Lipinski definition) is 3. The second-order valence-electron chi connectivity index (χ2n) is 2.71. The van der Waals surface area contributed by atoms with Crippen molar-refractivity contribution in [2.75, 3.05) is 5.73 Å². The SMILES string of the molecule is Cc1cc(Cl)c(S(=O)(=O)O)c(N)c1Cl. The topological polar surface area (TPSA) is 80.4 Å². The molecule has 0 bridgehead atoms. The summed E-state index contributed by atoms with van der Waals surface area (Å²) in [5.74, 6) is 0. The lowest BCUT2D eigenvalue weighted by Gasteiger charge is -2.08. The van der Waals surface area contributed by atoms with E-state index in [0.717, 1.165) is 0 Å². The van der Waals surface area contributed by atoms with E-state index in [2.05, 4.69) is 0 Å². The van der Waals surface area contributed by atoms with Crippen LogP contribution in [0.15, 0.2) is 11.0 Å². The minimum atomic E-state index is -4.44. The normalized spacial score (nSPS) is 11.7. The lowest BCUT2D eigenvalue weighted by Crippen LogP contribution is -2.05. The van der Waals surface area contributed by atoms with Crippen molar-refractivity contribution in [3.8, 4) is 0 Å². The van der Waals surface area contributed by atoms with Gasteiger partial charge in [-0.2, -0.15) is 8.42 Å². The molecule has 0 aromatic heterocycles. The van der Waals surface area contributed by atoms with Gasteiger partial charge in [0.1, 0.15) is 4.90 Å². The molecule has 0 saturated heterocycles. The molecule has 1 rings (SSSR count). The molecule has 0 aliphatic carbocycles. The molecule has 0 heterocycles. The van der Waals surface area contributed by atoms with Crippen LogP contribution in [0.5, 0.6) is 0 Å². The molecule has 0 saturated carbocycles. The molecule has 78 valence electrons. The maximum absolute atomic E-state index is 10.9. The minimum Gasteiger partial charge on any atom is -0.396 e. The Morgan fingerprint density at radius 1 is 1.43 bits per heavy atom. The maximum Gasteiger partial charge on any atom is 0.298 e. The van der Waals surface area contributed by atoms with Gasteiger partial charge >= 0.3 is 0 Å². The van der Waals surface area contributed by atoms with Crippen LogP contribution >= 0.6 is 23.2 Å². The number of halogens is 2. The molecule has 1 aromatic rings. The molecular formula is C7H7Cl2NO3S. The molecule has 0 fully saturated rings. The Balaban J connectivity index is 3.70. The molecular weight excluding hydrogens is 249 g/mol. The molecule has 0 aliphatic heterocycles. The highest BCUT2D eigenvalue weighted by atomic mass is 35.5. The largest absolute Gasteiger partial charge is 0.396 e. The van der Waals surface area contributed by atoms with Gasteiger partial charge in [0.2, 0.25) is 0 Å². The van der Waals surface area contributed by atoms with E-state index in [-0.39, 0.29) is 15.7 Å². The predicted molar refractivity (Wildman–Crippen MR) is 55.4 cm³/mol. The number of rotatable bonds is 1. The van der Waals surface area contributed by atoms with Crippen molar-refractivity contribution in [1.82, 2.24) is 0 Å². The van der Waals surface area contributed by atoms with Crippen molar-refractivity contribution in [2.24, 2.45) is 0 Å². The van der Waals surface area contributed by atoms with Crippen LogP contribution in [0.2, 0.25) is 10.0 Å². The average molecular weight is 256 g/mol. The van der Waals surface area contributed by atoms with Crippen molar-refractivity contribution in [2.45, 2.75) is 11.8 Å². The molecule has 1 aromatic carbocycles. The summed E-state index contributed by atoms with van der Waals surface area (Å²) in [7, 11) is -4.44. The Hall–Kier alpha value is -0.490. The molecule has 0 spiro atoms. The van der Waals surface area contributed by atoms with E-state index in [0.29, 0.717) is 5.56 Å². The smallest absolute Gasteiger partial charge is 0.298 e. The molecule has 0 aliphatic rings. The van der Waals surface area contributed by atoms with E-state index in [4.69, 9.17) is 33.5 Å². The van der Waals surface area contributed by atoms with Gasteiger partial charge in [-0.3, -0.25) is 4.55 Å². The molecule has 14 heavy (non-hydrogen) atoms. The third kappa shape index (κ3) is 1.95. The van der Waals surface area contributed by atoms with E-state index in [1.54, 1.807) is 6.92 Å². The maximum atomic E-state index is 10.9. The predicted octanol–water partition coefficient (Wildman–Crippen LogP) is 2.13. The highest BCUT2D eigenvalue weighted by Gasteiger charge is 2.21. The van der Waals surface area contributed by atoms with Gasteiger partial charge < -0.3 is 5.73 Å². The second kappa shape index (κ2) is 3.58. The van der Waals surface area contributed by atoms with Gasteiger partial charge in [-0.25, -0.2) is 0 Å². The average Bonchev–Trinajstić information content (AvgIpc) is 1.97. The first-order valence-corrected chi connectivity index (χ1v) is 5.66. The Labute approximate surface area is 91.4 Å². The van der Waals surface area contributed by atoms with Gasteiger partial charge in [0, 0.05) is 0 Å². The van der Waals surface area contributed by atoms with Gasteiger partial charge in [-0.1, -0.05) is 23.2 Å². The first kappa shape index (κ1) is 11.6. The Bertz CT molecular complexity index is 484. The summed E-state index contributed by atoms with van der Waals surface area (Å²) in [5.41, 5.74) is 5.72. The Kier molecular flexibility index (Phi) is 2.96. The molecule has 0 radical (unpaired) electrons. The molecule has 4 nitrogen and oxygen atoms in total. The summed E-state index contributed by atoms with van der Waals surface area (Å²) in [6, 6.07) is 1.32. The van der Waals surface area contributed by atoms with Crippen molar-refractivity contribution >= 4 is 39.0 Å². The minimum absolute atomic E-state index is 0.0713. The third-order valence-corrected chi connectivity index (χ3v) is 3.51. The standard InChI is InChI=1S/C7H7Cl2NO3S/c1-3-2-4(8)7(14(11,12)13)6(10)5(3)9/h2H,10H2,1H3,(H,11,12,13). The number of nitrogen functional groups attached to an aromatic ring is 1. The summed E-state index contributed by atoms with van der Waals surface area (Å²) in [6.07, 6.45) is 0. The zero-order valence-electron chi connectivity index (χ0n) is 7.08. The van der Waals surface area contributed by atoms with Crippen LogP contribution in [0.4, 0.5) is 5.69 Å². The van der Waals surface area contributed by atoms with E-state index < -0.39 is 15.0 Å². The molecule has 0 unspecified atom stereocenters. The molecule has 3 N–H and O–H groups in total. The van der Waals surface area contributed by atoms with Gasteiger partial charge in [0.25, 0.3) is 10.1 Å².